The highest BCUT2D eigenvalue weighted by atomic mass is 32.1. The summed E-state index contributed by atoms with van der Waals surface area (Å²) in [5.74, 6) is -0.231. The van der Waals surface area contributed by atoms with Crippen molar-refractivity contribution < 1.29 is 9.59 Å². The van der Waals surface area contributed by atoms with Crippen molar-refractivity contribution in [2.75, 3.05) is 13.1 Å². The molecule has 1 fully saturated rings. The van der Waals surface area contributed by atoms with Crippen LogP contribution in [0.2, 0.25) is 0 Å². The Hall–Kier alpha value is -1.43. The summed E-state index contributed by atoms with van der Waals surface area (Å²) in [6, 6.07) is 0. The lowest BCUT2D eigenvalue weighted by Gasteiger charge is -2.30. The number of aromatic nitrogens is 1. The van der Waals surface area contributed by atoms with Gasteiger partial charge in [0.05, 0.1) is 17.1 Å². The Kier molecular flexibility index (Phi) is 4.52. The SMILES string of the molecule is CCc1nc(CC(=O)N2CCC(C(N)=O)CC2)cs1. The van der Waals surface area contributed by atoms with Crippen molar-refractivity contribution in [1.82, 2.24) is 9.88 Å². The molecule has 2 rings (SSSR count). The van der Waals surface area contributed by atoms with E-state index in [9.17, 15) is 9.59 Å². The number of rotatable bonds is 4. The van der Waals surface area contributed by atoms with E-state index in [-0.39, 0.29) is 17.7 Å². The monoisotopic (exact) mass is 281 g/mol. The zero-order valence-electron chi connectivity index (χ0n) is 11.1. The number of primary amides is 1. The smallest absolute Gasteiger partial charge is 0.228 e. The van der Waals surface area contributed by atoms with Gasteiger partial charge in [0, 0.05) is 24.4 Å². The second kappa shape index (κ2) is 6.14. The molecule has 104 valence electrons. The van der Waals surface area contributed by atoms with Crippen LogP contribution in [0.15, 0.2) is 5.38 Å². The average molecular weight is 281 g/mol. The van der Waals surface area contributed by atoms with Gasteiger partial charge < -0.3 is 10.6 Å². The summed E-state index contributed by atoms with van der Waals surface area (Å²) < 4.78 is 0. The number of piperidine rings is 1. The molecule has 2 amide bonds. The molecule has 0 aliphatic carbocycles. The molecule has 1 aromatic heterocycles. The van der Waals surface area contributed by atoms with Crippen molar-refractivity contribution in [2.45, 2.75) is 32.6 Å². The van der Waals surface area contributed by atoms with E-state index >= 15 is 0 Å². The van der Waals surface area contributed by atoms with E-state index in [2.05, 4.69) is 11.9 Å². The molecule has 0 unspecified atom stereocenters. The van der Waals surface area contributed by atoms with Crippen LogP contribution in [0, 0.1) is 5.92 Å². The minimum absolute atomic E-state index is 0.0741. The Bertz CT molecular complexity index is 464. The molecule has 0 aromatic carbocycles. The van der Waals surface area contributed by atoms with E-state index in [0.29, 0.717) is 32.4 Å². The van der Waals surface area contributed by atoms with Crippen molar-refractivity contribution >= 4 is 23.2 Å². The highest BCUT2D eigenvalue weighted by molar-refractivity contribution is 7.09. The molecule has 5 nitrogen and oxygen atoms in total. The molecule has 1 aliphatic rings. The van der Waals surface area contributed by atoms with Crippen LogP contribution in [0.1, 0.15) is 30.5 Å². The molecule has 1 saturated heterocycles. The van der Waals surface area contributed by atoms with Gasteiger partial charge >= 0.3 is 0 Å². The predicted octanol–water partition coefficient (Wildman–Crippen LogP) is 0.972. The van der Waals surface area contributed by atoms with Gasteiger partial charge in [-0.15, -0.1) is 11.3 Å². The van der Waals surface area contributed by atoms with Gasteiger partial charge in [-0.05, 0) is 19.3 Å². The lowest BCUT2D eigenvalue weighted by Crippen LogP contribution is -2.42. The summed E-state index contributed by atoms with van der Waals surface area (Å²) >= 11 is 1.60. The number of thiazole rings is 1. The van der Waals surface area contributed by atoms with Gasteiger partial charge in [0.15, 0.2) is 0 Å². The summed E-state index contributed by atoms with van der Waals surface area (Å²) in [5, 5.41) is 3.02. The number of amides is 2. The molecule has 2 N–H and O–H groups in total. The number of nitrogens with two attached hydrogens (primary N) is 1. The summed E-state index contributed by atoms with van der Waals surface area (Å²) in [4.78, 5) is 29.4. The van der Waals surface area contributed by atoms with Crippen LogP contribution in [0.5, 0.6) is 0 Å². The minimum atomic E-state index is -0.251. The number of carbonyl (C=O) groups is 2. The average Bonchev–Trinajstić information content (AvgIpc) is 2.86. The Balaban J connectivity index is 1.86. The Labute approximate surface area is 116 Å². The van der Waals surface area contributed by atoms with E-state index in [1.165, 1.54) is 0 Å². The Morgan fingerprint density at radius 2 is 2.16 bits per heavy atom. The number of carbonyl (C=O) groups excluding carboxylic acids is 2. The number of nitrogens with zero attached hydrogens (tertiary/aromatic N) is 2. The molecule has 0 bridgehead atoms. The summed E-state index contributed by atoms with van der Waals surface area (Å²) in [7, 11) is 0. The summed E-state index contributed by atoms with van der Waals surface area (Å²) in [6.07, 6.45) is 2.62. The first-order valence-electron chi connectivity index (χ1n) is 6.60. The lowest BCUT2D eigenvalue weighted by molar-refractivity contribution is -0.134. The molecule has 1 aliphatic heterocycles. The molecule has 6 heteroatoms. The second-order valence-corrected chi connectivity index (χ2v) is 5.76. The van der Waals surface area contributed by atoms with Crippen LogP contribution < -0.4 is 5.73 Å². The van der Waals surface area contributed by atoms with Crippen molar-refractivity contribution in [3.05, 3.63) is 16.1 Å². The number of hydrogen-bond donors (Lipinski definition) is 1. The van der Waals surface area contributed by atoms with E-state index in [4.69, 9.17) is 5.73 Å². The number of likely N-dealkylation sites (tertiary alicyclic amines) is 1. The summed E-state index contributed by atoms with van der Waals surface area (Å²) in [5.41, 5.74) is 6.13. The highest BCUT2D eigenvalue weighted by Crippen LogP contribution is 2.18. The lowest BCUT2D eigenvalue weighted by atomic mass is 9.96. The van der Waals surface area contributed by atoms with E-state index in [1.807, 2.05) is 10.3 Å². The maximum absolute atomic E-state index is 12.1. The van der Waals surface area contributed by atoms with E-state index in [0.717, 1.165) is 17.1 Å². The molecule has 0 saturated carbocycles. The van der Waals surface area contributed by atoms with Crippen LogP contribution in [-0.4, -0.2) is 34.8 Å². The molecule has 0 radical (unpaired) electrons. The molecule has 2 heterocycles. The maximum atomic E-state index is 12.1. The molecular formula is C13H19N3O2S. The zero-order valence-corrected chi connectivity index (χ0v) is 11.9. The van der Waals surface area contributed by atoms with Crippen LogP contribution in [0.25, 0.3) is 0 Å². The van der Waals surface area contributed by atoms with Crippen LogP contribution in [0.4, 0.5) is 0 Å². The molecule has 1 aromatic rings. The molecule has 19 heavy (non-hydrogen) atoms. The van der Waals surface area contributed by atoms with Gasteiger partial charge in [0.2, 0.25) is 11.8 Å². The van der Waals surface area contributed by atoms with Gasteiger partial charge in [-0.25, -0.2) is 4.98 Å². The van der Waals surface area contributed by atoms with Crippen molar-refractivity contribution in [3.8, 4) is 0 Å². The summed E-state index contributed by atoms with van der Waals surface area (Å²) in [6.45, 7) is 3.30. The Morgan fingerprint density at radius 3 is 2.68 bits per heavy atom. The van der Waals surface area contributed by atoms with Gasteiger partial charge in [0.1, 0.15) is 0 Å². The minimum Gasteiger partial charge on any atom is -0.369 e. The van der Waals surface area contributed by atoms with Crippen LogP contribution in [0.3, 0.4) is 0 Å². The first kappa shape index (κ1) is 14.0. The Morgan fingerprint density at radius 1 is 1.47 bits per heavy atom. The second-order valence-electron chi connectivity index (χ2n) is 4.82. The third kappa shape index (κ3) is 3.53. The van der Waals surface area contributed by atoms with Gasteiger partial charge in [-0.3, -0.25) is 9.59 Å². The van der Waals surface area contributed by atoms with Gasteiger partial charge in [-0.1, -0.05) is 6.92 Å². The molecule has 0 atom stereocenters. The van der Waals surface area contributed by atoms with Gasteiger partial charge in [0.25, 0.3) is 0 Å². The molecular weight excluding hydrogens is 262 g/mol. The van der Waals surface area contributed by atoms with Crippen molar-refractivity contribution in [3.63, 3.8) is 0 Å². The van der Waals surface area contributed by atoms with E-state index < -0.39 is 0 Å². The predicted molar refractivity (Wildman–Crippen MR) is 73.7 cm³/mol. The maximum Gasteiger partial charge on any atom is 0.228 e. The normalized spacial score (nSPS) is 16.6. The van der Waals surface area contributed by atoms with Gasteiger partial charge in [-0.2, -0.15) is 0 Å². The van der Waals surface area contributed by atoms with Crippen molar-refractivity contribution in [2.24, 2.45) is 11.7 Å². The first-order valence-corrected chi connectivity index (χ1v) is 7.48. The highest BCUT2D eigenvalue weighted by Gasteiger charge is 2.26. The van der Waals surface area contributed by atoms with Crippen LogP contribution in [-0.2, 0) is 22.4 Å². The van der Waals surface area contributed by atoms with Crippen LogP contribution >= 0.6 is 11.3 Å². The third-order valence-electron chi connectivity index (χ3n) is 3.48. The third-order valence-corrected chi connectivity index (χ3v) is 4.53. The number of aryl methyl sites for hydroxylation is 1. The molecule has 0 spiro atoms. The first-order chi connectivity index (χ1) is 9.10. The fourth-order valence-electron chi connectivity index (χ4n) is 2.27. The number of hydrogen-bond acceptors (Lipinski definition) is 4. The topological polar surface area (TPSA) is 76.3 Å². The zero-order chi connectivity index (χ0) is 13.8. The quantitative estimate of drug-likeness (QED) is 0.893. The largest absolute Gasteiger partial charge is 0.369 e. The van der Waals surface area contributed by atoms with Crippen molar-refractivity contribution in [1.29, 1.82) is 0 Å². The fraction of sp³-hybridized carbons (Fsp3) is 0.615. The fourth-order valence-corrected chi connectivity index (χ4v) is 3.02. The standard InChI is InChI=1S/C13H19N3O2S/c1-2-11-15-10(8-19-11)7-12(17)16-5-3-9(4-6-16)13(14)18/h8-9H,2-7H2,1H3,(H2,14,18). The van der Waals surface area contributed by atoms with E-state index in [1.54, 1.807) is 11.3 Å².